The van der Waals surface area contributed by atoms with E-state index in [0.29, 0.717) is 25.9 Å². The maximum atomic E-state index is 11.5. The minimum atomic E-state index is -0.506. The highest BCUT2D eigenvalue weighted by Gasteiger charge is 2.26. The van der Waals surface area contributed by atoms with Crippen LogP contribution in [0.5, 0.6) is 0 Å². The first-order valence-corrected chi connectivity index (χ1v) is 5.02. The van der Waals surface area contributed by atoms with Gasteiger partial charge in [0.25, 0.3) is 0 Å². The fourth-order valence-electron chi connectivity index (χ4n) is 1.36. The number of nitrogens with zero attached hydrogens (tertiary/aromatic N) is 1. The second kappa shape index (κ2) is 4.17. The van der Waals surface area contributed by atoms with Crippen molar-refractivity contribution in [2.45, 2.75) is 45.3 Å². The number of likely N-dealkylation sites (tertiary alicyclic amines) is 1. The van der Waals surface area contributed by atoms with Crippen LogP contribution in [0.15, 0.2) is 0 Å². The summed E-state index contributed by atoms with van der Waals surface area (Å²) in [5, 5.41) is 11.0. The maximum Gasteiger partial charge on any atom is 0.410 e. The van der Waals surface area contributed by atoms with E-state index in [1.165, 1.54) is 0 Å². The second-order valence-electron chi connectivity index (χ2n) is 4.67. The largest absolute Gasteiger partial charge is 0.444 e. The van der Waals surface area contributed by atoms with Crippen LogP contribution in [-0.2, 0) is 9.84 Å². The summed E-state index contributed by atoms with van der Waals surface area (Å²) < 4.78 is 5.20. The van der Waals surface area contributed by atoms with Crippen molar-refractivity contribution in [3.63, 3.8) is 0 Å². The molecule has 14 heavy (non-hydrogen) atoms. The van der Waals surface area contributed by atoms with Crippen LogP contribution >= 0.6 is 0 Å². The van der Waals surface area contributed by atoms with Gasteiger partial charge in [-0.15, -0.1) is 0 Å². The normalized spacial score (nSPS) is 19.6. The van der Waals surface area contributed by atoms with Gasteiger partial charge in [0.2, 0.25) is 0 Å². The van der Waals surface area contributed by atoms with Crippen molar-refractivity contribution < 1.29 is 14.6 Å². The second-order valence-corrected chi connectivity index (χ2v) is 4.67. The number of rotatable bonds is 0. The molecule has 1 aliphatic rings. The van der Waals surface area contributed by atoms with Crippen molar-refractivity contribution in [1.82, 2.24) is 4.90 Å². The minimum Gasteiger partial charge on any atom is -0.444 e. The molecule has 0 aromatic carbocycles. The SMILES string of the molecule is CC(C)(C)OC(=O)N1CCC([O])CC1. The predicted octanol–water partition coefficient (Wildman–Crippen LogP) is 1.82. The van der Waals surface area contributed by atoms with E-state index in [-0.39, 0.29) is 6.09 Å². The first kappa shape index (κ1) is 11.3. The standard InChI is InChI=1S/C10H18NO3/c1-10(2,3)14-9(13)11-6-4-8(12)5-7-11/h8H,4-7H2,1-3H3. The molecule has 0 atom stereocenters. The van der Waals surface area contributed by atoms with Crippen LogP contribution in [-0.4, -0.2) is 35.8 Å². The summed E-state index contributed by atoms with van der Waals surface area (Å²) >= 11 is 0. The Morgan fingerprint density at radius 1 is 1.29 bits per heavy atom. The Morgan fingerprint density at radius 3 is 2.21 bits per heavy atom. The number of hydrogen-bond acceptors (Lipinski definition) is 2. The summed E-state index contributed by atoms with van der Waals surface area (Å²) in [5.41, 5.74) is -0.453. The fourth-order valence-corrected chi connectivity index (χ4v) is 1.36. The molecule has 81 valence electrons. The molecule has 4 heteroatoms. The lowest BCUT2D eigenvalue weighted by Gasteiger charge is -2.31. The Bertz CT molecular complexity index is 202. The maximum absolute atomic E-state index is 11.5. The van der Waals surface area contributed by atoms with E-state index in [1.807, 2.05) is 20.8 Å². The highest BCUT2D eigenvalue weighted by Crippen LogP contribution is 2.15. The van der Waals surface area contributed by atoms with E-state index >= 15 is 0 Å². The molecule has 1 saturated heterocycles. The quantitative estimate of drug-likeness (QED) is 0.598. The fraction of sp³-hybridized carbons (Fsp3) is 0.900. The minimum absolute atomic E-state index is 0.301. The molecular weight excluding hydrogens is 182 g/mol. The van der Waals surface area contributed by atoms with Crippen molar-refractivity contribution >= 4 is 6.09 Å². The Hall–Kier alpha value is -0.770. The van der Waals surface area contributed by atoms with Gasteiger partial charge >= 0.3 is 6.09 Å². The Balaban J connectivity index is 2.38. The number of carbonyl (C=O) groups is 1. The van der Waals surface area contributed by atoms with Gasteiger partial charge in [-0.2, -0.15) is 0 Å². The molecule has 0 bridgehead atoms. The third-order valence-corrected chi connectivity index (χ3v) is 2.09. The van der Waals surface area contributed by atoms with Crippen molar-refractivity contribution in [2.75, 3.05) is 13.1 Å². The summed E-state index contributed by atoms with van der Waals surface area (Å²) in [6.07, 6.45) is 0.275. The van der Waals surface area contributed by atoms with Crippen LogP contribution < -0.4 is 0 Å². The third kappa shape index (κ3) is 3.54. The molecule has 0 unspecified atom stereocenters. The Morgan fingerprint density at radius 2 is 1.79 bits per heavy atom. The van der Waals surface area contributed by atoms with Crippen LogP contribution in [0.3, 0.4) is 0 Å². The van der Waals surface area contributed by atoms with Crippen molar-refractivity contribution in [3.8, 4) is 0 Å². The molecule has 0 aromatic rings. The van der Waals surface area contributed by atoms with Crippen molar-refractivity contribution in [1.29, 1.82) is 0 Å². The first-order valence-electron chi connectivity index (χ1n) is 5.02. The average molecular weight is 200 g/mol. The smallest absolute Gasteiger partial charge is 0.410 e. The van der Waals surface area contributed by atoms with E-state index in [9.17, 15) is 9.90 Å². The Labute approximate surface area is 84.8 Å². The number of amides is 1. The molecule has 1 fully saturated rings. The molecule has 1 rings (SSSR count). The summed E-state index contributed by atoms with van der Waals surface area (Å²) in [6, 6.07) is 0. The zero-order chi connectivity index (χ0) is 10.8. The lowest BCUT2D eigenvalue weighted by molar-refractivity contribution is -0.00315. The predicted molar refractivity (Wildman–Crippen MR) is 51.5 cm³/mol. The van der Waals surface area contributed by atoms with Gasteiger partial charge < -0.3 is 9.64 Å². The number of hydrogen-bond donors (Lipinski definition) is 0. The summed E-state index contributed by atoms with van der Waals surface area (Å²) in [4.78, 5) is 13.1. The van der Waals surface area contributed by atoms with Crippen LogP contribution in [0.25, 0.3) is 0 Å². The highest BCUT2D eigenvalue weighted by molar-refractivity contribution is 5.68. The van der Waals surface area contributed by atoms with E-state index in [4.69, 9.17) is 4.74 Å². The van der Waals surface area contributed by atoms with Gasteiger partial charge in [0.05, 0.1) is 6.10 Å². The van der Waals surface area contributed by atoms with E-state index < -0.39 is 11.7 Å². The molecule has 1 amide bonds. The third-order valence-electron chi connectivity index (χ3n) is 2.09. The highest BCUT2D eigenvalue weighted by atomic mass is 16.6. The summed E-state index contributed by atoms with van der Waals surface area (Å²) in [6.45, 7) is 6.58. The van der Waals surface area contributed by atoms with Gasteiger partial charge in [0, 0.05) is 13.1 Å². The zero-order valence-corrected chi connectivity index (χ0v) is 9.08. The van der Waals surface area contributed by atoms with Gasteiger partial charge in [0.1, 0.15) is 5.60 Å². The van der Waals surface area contributed by atoms with Gasteiger partial charge in [-0.1, -0.05) is 0 Å². The van der Waals surface area contributed by atoms with E-state index in [2.05, 4.69) is 0 Å². The monoisotopic (exact) mass is 200 g/mol. The van der Waals surface area contributed by atoms with Crippen LogP contribution in [0.4, 0.5) is 4.79 Å². The summed E-state index contributed by atoms with van der Waals surface area (Å²) in [7, 11) is 0. The van der Waals surface area contributed by atoms with Crippen molar-refractivity contribution in [3.05, 3.63) is 0 Å². The molecule has 1 radical (unpaired) electrons. The van der Waals surface area contributed by atoms with Crippen LogP contribution in [0.2, 0.25) is 0 Å². The number of ether oxygens (including phenoxy) is 1. The van der Waals surface area contributed by atoms with Crippen LogP contribution in [0, 0.1) is 0 Å². The van der Waals surface area contributed by atoms with Gasteiger partial charge in [-0.05, 0) is 33.6 Å². The summed E-state index contributed by atoms with van der Waals surface area (Å²) in [5.74, 6) is 0. The van der Waals surface area contributed by atoms with Gasteiger partial charge in [-0.3, -0.25) is 0 Å². The number of carbonyl (C=O) groups excluding carboxylic acids is 1. The molecule has 4 nitrogen and oxygen atoms in total. The van der Waals surface area contributed by atoms with E-state index in [1.54, 1.807) is 4.90 Å². The van der Waals surface area contributed by atoms with Gasteiger partial charge in [0.15, 0.2) is 0 Å². The molecule has 1 heterocycles. The molecule has 0 N–H and O–H groups in total. The lowest BCUT2D eigenvalue weighted by atomic mass is 10.1. The molecule has 1 aliphatic heterocycles. The Kier molecular flexibility index (Phi) is 3.37. The molecule has 0 saturated carbocycles. The molecule has 0 aliphatic carbocycles. The van der Waals surface area contributed by atoms with Crippen molar-refractivity contribution in [2.24, 2.45) is 0 Å². The zero-order valence-electron chi connectivity index (χ0n) is 9.08. The molecular formula is C10H18NO3. The molecule has 0 aromatic heterocycles. The van der Waals surface area contributed by atoms with E-state index in [0.717, 1.165) is 0 Å². The average Bonchev–Trinajstić information content (AvgIpc) is 2.02. The first-order chi connectivity index (χ1) is 6.38. The van der Waals surface area contributed by atoms with Crippen LogP contribution in [0.1, 0.15) is 33.6 Å². The lowest BCUT2D eigenvalue weighted by Crippen LogP contribution is -2.42. The topological polar surface area (TPSA) is 49.4 Å². The molecule has 0 spiro atoms. The van der Waals surface area contributed by atoms with Gasteiger partial charge in [-0.25, -0.2) is 9.90 Å². The number of piperidine rings is 1.